The Morgan fingerprint density at radius 3 is 3.00 bits per heavy atom. The zero-order valence-corrected chi connectivity index (χ0v) is 9.13. The van der Waals surface area contributed by atoms with Gasteiger partial charge in [0.25, 0.3) is 0 Å². The third-order valence-electron chi connectivity index (χ3n) is 2.61. The van der Waals surface area contributed by atoms with E-state index in [9.17, 15) is 5.11 Å². The Morgan fingerprint density at radius 1 is 1.57 bits per heavy atom. The fraction of sp³-hybridized carbons (Fsp3) is 0.455. The molecular weight excluding hydrogens is 194 g/mol. The second kappa shape index (κ2) is 4.26. The fourth-order valence-corrected chi connectivity index (χ4v) is 2.37. The lowest BCUT2D eigenvalue weighted by atomic mass is 10.1. The van der Waals surface area contributed by atoms with Crippen LogP contribution in [0.1, 0.15) is 24.4 Å². The number of nitrogens with zero attached hydrogens (tertiary/aromatic N) is 1. The third kappa shape index (κ3) is 2.05. The molecule has 1 aromatic heterocycles. The topological polar surface area (TPSA) is 23.5 Å². The third-order valence-corrected chi connectivity index (χ3v) is 3.52. The molecule has 3 heteroatoms. The highest BCUT2D eigenvalue weighted by Crippen LogP contribution is 2.24. The molecule has 1 N–H and O–H groups in total. The number of thiophene rings is 1. The second-order valence-corrected chi connectivity index (χ2v) is 4.66. The van der Waals surface area contributed by atoms with Crippen LogP contribution in [0.4, 0.5) is 0 Å². The minimum Gasteiger partial charge on any atom is -0.373 e. The van der Waals surface area contributed by atoms with Gasteiger partial charge in [0, 0.05) is 18.0 Å². The lowest BCUT2D eigenvalue weighted by Crippen LogP contribution is -2.32. The van der Waals surface area contributed by atoms with E-state index >= 15 is 0 Å². The summed E-state index contributed by atoms with van der Waals surface area (Å²) in [5, 5.41) is 12.0. The van der Waals surface area contributed by atoms with Crippen LogP contribution in [0.3, 0.4) is 0 Å². The summed E-state index contributed by atoms with van der Waals surface area (Å²) < 4.78 is 0. The van der Waals surface area contributed by atoms with Gasteiger partial charge in [-0.15, -0.1) is 11.3 Å². The predicted molar refractivity (Wildman–Crippen MR) is 59.2 cm³/mol. The lowest BCUT2D eigenvalue weighted by molar-refractivity contribution is 0.0104. The first-order valence-electron chi connectivity index (χ1n) is 4.88. The molecule has 0 spiro atoms. The lowest BCUT2D eigenvalue weighted by Gasteiger charge is -2.29. The van der Waals surface area contributed by atoms with Crippen molar-refractivity contribution in [3.8, 4) is 0 Å². The first kappa shape index (κ1) is 9.90. The van der Waals surface area contributed by atoms with E-state index < -0.39 is 6.23 Å². The zero-order chi connectivity index (χ0) is 9.97. The summed E-state index contributed by atoms with van der Waals surface area (Å²) in [4.78, 5) is 3.14. The van der Waals surface area contributed by atoms with E-state index in [1.807, 2.05) is 17.5 Å². The maximum absolute atomic E-state index is 10.0. The van der Waals surface area contributed by atoms with Crippen molar-refractivity contribution in [3.05, 3.63) is 34.0 Å². The first-order chi connectivity index (χ1) is 6.77. The molecule has 2 nitrogen and oxygen atoms in total. The Hall–Kier alpha value is -0.640. The van der Waals surface area contributed by atoms with Crippen LogP contribution in [0.25, 0.3) is 0 Å². The van der Waals surface area contributed by atoms with Crippen LogP contribution in [0.5, 0.6) is 0 Å². The van der Waals surface area contributed by atoms with Crippen molar-refractivity contribution < 1.29 is 5.11 Å². The number of aliphatic hydroxyl groups excluding tert-OH is 1. The largest absolute Gasteiger partial charge is 0.373 e. The van der Waals surface area contributed by atoms with Crippen molar-refractivity contribution in [1.29, 1.82) is 0 Å². The molecule has 0 saturated heterocycles. The minimum absolute atomic E-state index is 0.417. The van der Waals surface area contributed by atoms with Crippen LogP contribution in [0, 0.1) is 0 Å². The molecule has 2 rings (SSSR count). The van der Waals surface area contributed by atoms with Gasteiger partial charge in [0.05, 0.1) is 0 Å². The number of rotatable bonds is 2. The summed E-state index contributed by atoms with van der Waals surface area (Å²) >= 11 is 1.61. The van der Waals surface area contributed by atoms with Gasteiger partial charge in [-0.3, -0.25) is 4.90 Å². The van der Waals surface area contributed by atoms with Gasteiger partial charge in [0.2, 0.25) is 0 Å². The molecule has 1 aliphatic heterocycles. The second-order valence-electron chi connectivity index (χ2n) is 3.68. The van der Waals surface area contributed by atoms with Crippen molar-refractivity contribution in [2.75, 3.05) is 13.1 Å². The van der Waals surface area contributed by atoms with E-state index in [-0.39, 0.29) is 0 Å². The van der Waals surface area contributed by atoms with Crippen molar-refractivity contribution in [2.24, 2.45) is 0 Å². The molecule has 0 saturated carbocycles. The summed E-state index contributed by atoms with van der Waals surface area (Å²) in [6, 6.07) is 3.97. The Morgan fingerprint density at radius 2 is 2.43 bits per heavy atom. The average Bonchev–Trinajstić information content (AvgIpc) is 2.71. The van der Waals surface area contributed by atoms with E-state index in [0.717, 1.165) is 24.4 Å². The smallest absolute Gasteiger partial charge is 0.143 e. The van der Waals surface area contributed by atoms with Gasteiger partial charge in [-0.05, 0) is 24.8 Å². The Labute approximate surface area is 88.5 Å². The molecule has 1 unspecified atom stereocenters. The van der Waals surface area contributed by atoms with Crippen LogP contribution in [0.2, 0.25) is 0 Å². The Bertz CT molecular complexity index is 318. The van der Waals surface area contributed by atoms with Gasteiger partial charge in [-0.2, -0.15) is 0 Å². The molecule has 0 radical (unpaired) electrons. The van der Waals surface area contributed by atoms with Gasteiger partial charge in [-0.1, -0.05) is 17.7 Å². The molecule has 0 bridgehead atoms. The highest BCUT2D eigenvalue weighted by molar-refractivity contribution is 7.10. The summed E-state index contributed by atoms with van der Waals surface area (Å²) in [6.45, 7) is 3.97. The fourth-order valence-electron chi connectivity index (χ4n) is 1.63. The molecule has 1 atom stereocenters. The highest BCUT2D eigenvalue weighted by atomic mass is 32.1. The Kier molecular flexibility index (Phi) is 3.01. The van der Waals surface area contributed by atoms with E-state index in [1.165, 1.54) is 5.57 Å². The highest BCUT2D eigenvalue weighted by Gasteiger charge is 2.19. The standard InChI is InChI=1S/C11H15NOS/c1-9-4-6-12(7-5-9)11(13)10-3-2-8-14-10/h2-4,8,11,13H,5-7H2,1H3. The molecular formula is C11H15NOS. The molecule has 2 heterocycles. The number of aliphatic hydroxyl groups is 1. The molecule has 0 amide bonds. The van der Waals surface area contributed by atoms with Gasteiger partial charge < -0.3 is 5.11 Å². The van der Waals surface area contributed by atoms with Gasteiger partial charge in [-0.25, -0.2) is 0 Å². The van der Waals surface area contributed by atoms with Crippen LogP contribution < -0.4 is 0 Å². The molecule has 1 aromatic rings. The molecule has 76 valence electrons. The molecule has 1 aliphatic rings. The maximum Gasteiger partial charge on any atom is 0.143 e. The van der Waals surface area contributed by atoms with Crippen LogP contribution in [0.15, 0.2) is 29.2 Å². The van der Waals surface area contributed by atoms with E-state index in [0.29, 0.717) is 0 Å². The molecule has 14 heavy (non-hydrogen) atoms. The van der Waals surface area contributed by atoms with E-state index in [4.69, 9.17) is 0 Å². The quantitative estimate of drug-likeness (QED) is 0.756. The summed E-state index contributed by atoms with van der Waals surface area (Å²) in [7, 11) is 0. The monoisotopic (exact) mass is 209 g/mol. The maximum atomic E-state index is 10.0. The van der Waals surface area contributed by atoms with Gasteiger partial charge in [0.1, 0.15) is 6.23 Å². The van der Waals surface area contributed by atoms with Gasteiger partial charge >= 0.3 is 0 Å². The van der Waals surface area contributed by atoms with Crippen molar-refractivity contribution in [3.63, 3.8) is 0 Å². The van der Waals surface area contributed by atoms with Crippen LogP contribution in [-0.2, 0) is 0 Å². The van der Waals surface area contributed by atoms with Gasteiger partial charge in [0.15, 0.2) is 0 Å². The molecule has 0 aliphatic carbocycles. The van der Waals surface area contributed by atoms with Crippen molar-refractivity contribution in [2.45, 2.75) is 19.6 Å². The minimum atomic E-state index is -0.417. The number of hydrogen-bond donors (Lipinski definition) is 1. The SMILES string of the molecule is CC1=CCN(C(O)c2cccs2)CC1. The van der Waals surface area contributed by atoms with E-state index in [2.05, 4.69) is 17.9 Å². The summed E-state index contributed by atoms with van der Waals surface area (Å²) in [6.07, 6.45) is 2.85. The van der Waals surface area contributed by atoms with Crippen molar-refractivity contribution in [1.82, 2.24) is 4.90 Å². The predicted octanol–water partition coefficient (Wildman–Crippen LogP) is 2.39. The summed E-state index contributed by atoms with van der Waals surface area (Å²) in [5.74, 6) is 0. The van der Waals surface area contributed by atoms with E-state index in [1.54, 1.807) is 11.3 Å². The molecule has 0 aromatic carbocycles. The first-order valence-corrected chi connectivity index (χ1v) is 5.76. The normalized spacial score (nSPS) is 20.6. The summed E-state index contributed by atoms with van der Waals surface area (Å²) in [5.41, 5.74) is 1.43. The molecule has 0 fully saturated rings. The average molecular weight is 209 g/mol. The Balaban J connectivity index is 2.03. The number of hydrogen-bond acceptors (Lipinski definition) is 3. The van der Waals surface area contributed by atoms with Crippen LogP contribution in [-0.4, -0.2) is 23.1 Å². The van der Waals surface area contributed by atoms with Crippen molar-refractivity contribution >= 4 is 11.3 Å². The van der Waals surface area contributed by atoms with Crippen LogP contribution >= 0.6 is 11.3 Å². The zero-order valence-electron chi connectivity index (χ0n) is 8.31.